The first-order chi connectivity index (χ1) is 14.7. The van der Waals surface area contributed by atoms with E-state index in [-0.39, 0.29) is 17.5 Å². The van der Waals surface area contributed by atoms with Gasteiger partial charge in [-0.3, -0.25) is 4.79 Å². The maximum atomic E-state index is 12.3. The Hall–Kier alpha value is -3.08. The van der Waals surface area contributed by atoms with Gasteiger partial charge in [-0.2, -0.15) is 13.2 Å². The lowest BCUT2D eigenvalue weighted by Crippen LogP contribution is -2.19. The minimum Gasteiger partial charge on any atom is -0.468 e. The maximum Gasteiger partial charge on any atom is 0.422 e. The fraction of sp³-hybridized carbons (Fsp3) is 0.300. The molecular weight excluding hydrogens is 431 g/mol. The van der Waals surface area contributed by atoms with E-state index in [1.165, 1.54) is 30.1 Å². The molecule has 2 heterocycles. The zero-order chi connectivity index (χ0) is 22.4. The van der Waals surface area contributed by atoms with Crippen LogP contribution in [0.1, 0.15) is 12.5 Å². The van der Waals surface area contributed by atoms with E-state index >= 15 is 0 Å². The molecule has 0 spiro atoms. The molecule has 0 fully saturated rings. The summed E-state index contributed by atoms with van der Waals surface area (Å²) < 4.78 is 43.0. The van der Waals surface area contributed by atoms with Crippen LogP contribution < -0.4 is 10.1 Å². The Bertz CT molecular complexity index is 1040. The second kappa shape index (κ2) is 9.82. The average molecular weight is 451 g/mol. The Morgan fingerprint density at radius 3 is 2.68 bits per heavy atom. The molecule has 164 valence electrons. The molecule has 11 heteroatoms. The van der Waals surface area contributed by atoms with Crippen LogP contribution in [0.5, 0.6) is 5.88 Å². The quantitative estimate of drug-likeness (QED) is 0.513. The highest BCUT2D eigenvalue weighted by atomic mass is 32.2. The molecule has 0 atom stereocenters. The van der Waals surface area contributed by atoms with Crippen molar-refractivity contribution in [2.45, 2.75) is 31.7 Å². The molecule has 0 aliphatic rings. The number of alkyl halides is 3. The number of carbonyl (C=O) groups is 1. The van der Waals surface area contributed by atoms with Gasteiger partial charge in [-0.1, -0.05) is 35.5 Å². The summed E-state index contributed by atoms with van der Waals surface area (Å²) in [5.41, 5.74) is 2.41. The highest BCUT2D eigenvalue weighted by Crippen LogP contribution is 2.25. The number of amides is 1. The summed E-state index contributed by atoms with van der Waals surface area (Å²) in [6, 6.07) is 10.6. The van der Waals surface area contributed by atoms with E-state index in [2.05, 4.69) is 25.2 Å². The van der Waals surface area contributed by atoms with E-state index in [0.29, 0.717) is 17.4 Å². The van der Waals surface area contributed by atoms with Gasteiger partial charge in [0.1, 0.15) is 0 Å². The Labute approximate surface area is 181 Å². The van der Waals surface area contributed by atoms with Crippen LogP contribution in [0.15, 0.2) is 47.8 Å². The highest BCUT2D eigenvalue weighted by Gasteiger charge is 2.28. The summed E-state index contributed by atoms with van der Waals surface area (Å²) in [7, 11) is 0. The first kappa shape index (κ1) is 22.6. The molecule has 1 aromatic carbocycles. The van der Waals surface area contributed by atoms with Crippen LogP contribution in [0, 0.1) is 6.92 Å². The molecule has 0 saturated heterocycles. The molecule has 3 aromatic rings. The van der Waals surface area contributed by atoms with Crippen molar-refractivity contribution >= 4 is 23.4 Å². The standard InChI is InChI=1S/C20H20F3N5O2S/c1-3-28-18(14-6-4-5-13(2)9-14)26-27-19(28)31-11-16(29)25-15-7-8-17(24-10-15)30-12-20(21,22)23/h4-10H,3,11-12H2,1-2H3,(H,25,29). The van der Waals surface area contributed by atoms with Crippen LogP contribution in [0.25, 0.3) is 11.4 Å². The fourth-order valence-electron chi connectivity index (χ4n) is 2.70. The van der Waals surface area contributed by atoms with Gasteiger partial charge >= 0.3 is 6.18 Å². The molecule has 2 aromatic heterocycles. The Morgan fingerprint density at radius 1 is 1.23 bits per heavy atom. The fourth-order valence-corrected chi connectivity index (χ4v) is 3.50. The summed E-state index contributed by atoms with van der Waals surface area (Å²) in [5.74, 6) is 0.328. The van der Waals surface area contributed by atoms with Gasteiger partial charge in [-0.15, -0.1) is 10.2 Å². The summed E-state index contributed by atoms with van der Waals surface area (Å²) in [6.07, 6.45) is -3.21. The number of aryl methyl sites for hydroxylation is 1. The molecule has 0 unspecified atom stereocenters. The number of anilines is 1. The van der Waals surface area contributed by atoms with Crippen LogP contribution in [-0.4, -0.2) is 44.2 Å². The first-order valence-electron chi connectivity index (χ1n) is 9.33. The van der Waals surface area contributed by atoms with E-state index in [1.54, 1.807) is 0 Å². The number of thioether (sulfide) groups is 1. The third-order valence-electron chi connectivity index (χ3n) is 4.05. The molecule has 3 rings (SSSR count). The number of hydrogen-bond acceptors (Lipinski definition) is 6. The lowest BCUT2D eigenvalue weighted by Gasteiger charge is -2.09. The number of carbonyl (C=O) groups excluding carboxylic acids is 1. The van der Waals surface area contributed by atoms with Gasteiger partial charge in [0.25, 0.3) is 0 Å². The average Bonchev–Trinajstić information content (AvgIpc) is 3.14. The molecule has 31 heavy (non-hydrogen) atoms. The molecule has 0 aliphatic heterocycles. The summed E-state index contributed by atoms with van der Waals surface area (Å²) in [4.78, 5) is 16.0. The predicted molar refractivity (Wildman–Crippen MR) is 111 cm³/mol. The maximum absolute atomic E-state index is 12.3. The number of halogens is 3. The largest absolute Gasteiger partial charge is 0.468 e. The van der Waals surface area contributed by atoms with Crippen molar-refractivity contribution in [3.8, 4) is 17.3 Å². The van der Waals surface area contributed by atoms with Crippen molar-refractivity contribution < 1.29 is 22.7 Å². The Morgan fingerprint density at radius 2 is 2.03 bits per heavy atom. The molecular formula is C20H20F3N5O2S. The minimum absolute atomic E-state index is 0.0816. The Kier molecular flexibility index (Phi) is 7.16. The lowest BCUT2D eigenvalue weighted by atomic mass is 10.1. The number of nitrogens with one attached hydrogen (secondary N) is 1. The van der Waals surface area contributed by atoms with E-state index in [9.17, 15) is 18.0 Å². The van der Waals surface area contributed by atoms with Crippen molar-refractivity contribution in [3.63, 3.8) is 0 Å². The summed E-state index contributed by atoms with van der Waals surface area (Å²) >= 11 is 1.24. The molecule has 1 N–H and O–H groups in total. The van der Waals surface area contributed by atoms with E-state index < -0.39 is 12.8 Å². The SMILES string of the molecule is CCn1c(SCC(=O)Nc2ccc(OCC(F)(F)F)nc2)nnc1-c1cccc(C)c1. The van der Waals surface area contributed by atoms with Crippen molar-refractivity contribution in [1.29, 1.82) is 0 Å². The van der Waals surface area contributed by atoms with Crippen LogP contribution in [0.4, 0.5) is 18.9 Å². The molecule has 0 aliphatic carbocycles. The van der Waals surface area contributed by atoms with Gasteiger partial charge in [-0.05, 0) is 26.0 Å². The smallest absolute Gasteiger partial charge is 0.422 e. The zero-order valence-electron chi connectivity index (χ0n) is 16.8. The summed E-state index contributed by atoms with van der Waals surface area (Å²) in [6.45, 7) is 3.19. The second-order valence-electron chi connectivity index (χ2n) is 6.55. The van der Waals surface area contributed by atoms with Crippen molar-refractivity contribution in [2.75, 3.05) is 17.7 Å². The molecule has 0 radical (unpaired) electrons. The van der Waals surface area contributed by atoms with Crippen LogP contribution in [0.2, 0.25) is 0 Å². The van der Waals surface area contributed by atoms with Crippen molar-refractivity contribution in [2.24, 2.45) is 0 Å². The number of benzene rings is 1. The highest BCUT2D eigenvalue weighted by molar-refractivity contribution is 7.99. The number of hydrogen-bond donors (Lipinski definition) is 1. The third-order valence-corrected chi connectivity index (χ3v) is 5.01. The number of aromatic nitrogens is 4. The zero-order valence-corrected chi connectivity index (χ0v) is 17.6. The number of pyridine rings is 1. The van der Waals surface area contributed by atoms with Crippen LogP contribution in [-0.2, 0) is 11.3 Å². The molecule has 7 nitrogen and oxygen atoms in total. The van der Waals surface area contributed by atoms with Gasteiger partial charge in [0.05, 0.1) is 17.6 Å². The number of rotatable bonds is 8. The number of ether oxygens (including phenoxy) is 1. The number of nitrogens with zero attached hydrogens (tertiary/aromatic N) is 4. The van der Waals surface area contributed by atoms with Gasteiger partial charge in [0.15, 0.2) is 17.6 Å². The lowest BCUT2D eigenvalue weighted by molar-refractivity contribution is -0.154. The summed E-state index contributed by atoms with van der Waals surface area (Å²) in [5, 5.41) is 11.7. The molecule has 0 saturated carbocycles. The monoisotopic (exact) mass is 451 g/mol. The minimum atomic E-state index is -4.44. The Balaban J connectivity index is 1.57. The van der Waals surface area contributed by atoms with Crippen LogP contribution in [0.3, 0.4) is 0 Å². The van der Waals surface area contributed by atoms with E-state index in [0.717, 1.165) is 17.0 Å². The normalized spacial score (nSPS) is 11.4. The third kappa shape index (κ3) is 6.45. The van der Waals surface area contributed by atoms with Gasteiger partial charge in [-0.25, -0.2) is 4.98 Å². The van der Waals surface area contributed by atoms with Gasteiger partial charge in [0.2, 0.25) is 11.8 Å². The molecule has 0 bridgehead atoms. The topological polar surface area (TPSA) is 81.9 Å². The van der Waals surface area contributed by atoms with Crippen molar-refractivity contribution in [3.05, 3.63) is 48.2 Å². The molecule has 1 amide bonds. The van der Waals surface area contributed by atoms with E-state index in [4.69, 9.17) is 0 Å². The first-order valence-corrected chi connectivity index (χ1v) is 10.3. The van der Waals surface area contributed by atoms with Gasteiger partial charge in [0, 0.05) is 18.2 Å². The van der Waals surface area contributed by atoms with E-state index in [1.807, 2.05) is 42.7 Å². The predicted octanol–water partition coefficient (Wildman–Crippen LogP) is 4.34. The second-order valence-corrected chi connectivity index (χ2v) is 7.49. The van der Waals surface area contributed by atoms with Crippen LogP contribution >= 0.6 is 11.8 Å². The van der Waals surface area contributed by atoms with Gasteiger partial charge < -0.3 is 14.6 Å². The van der Waals surface area contributed by atoms with Crippen molar-refractivity contribution in [1.82, 2.24) is 19.7 Å².